The molecule has 2 aromatic heterocycles. The first kappa shape index (κ1) is 12.1. The molecule has 6 nitrogen and oxygen atoms in total. The van der Waals surface area contributed by atoms with E-state index in [0.717, 1.165) is 5.56 Å². The third-order valence-corrected chi connectivity index (χ3v) is 2.51. The van der Waals surface area contributed by atoms with Crippen molar-refractivity contribution < 1.29 is 14.6 Å². The number of hydrogen-bond donors (Lipinski definition) is 1. The second-order valence-electron chi connectivity index (χ2n) is 3.72. The highest BCUT2D eigenvalue weighted by atomic mass is 16.5. The number of aromatic hydroxyl groups is 1. The molecule has 0 saturated heterocycles. The van der Waals surface area contributed by atoms with Crippen LogP contribution in [0.2, 0.25) is 0 Å². The molecule has 6 heteroatoms. The van der Waals surface area contributed by atoms with E-state index in [4.69, 9.17) is 4.74 Å². The average Bonchev–Trinajstić information content (AvgIpc) is 2.31. The second-order valence-corrected chi connectivity index (χ2v) is 3.72. The van der Waals surface area contributed by atoms with E-state index in [-0.39, 0.29) is 6.61 Å². The van der Waals surface area contributed by atoms with E-state index in [1.54, 1.807) is 26.0 Å². The number of pyridine rings is 1. The summed E-state index contributed by atoms with van der Waals surface area (Å²) in [6.45, 7) is 3.49. The Bertz CT molecular complexity index is 676. The molecule has 0 spiro atoms. The maximum atomic E-state index is 12.1. The molecule has 0 aliphatic heterocycles. The fourth-order valence-electron chi connectivity index (χ4n) is 1.67. The predicted octanol–water partition coefficient (Wildman–Crippen LogP) is 0.885. The first-order valence-electron chi connectivity index (χ1n) is 5.44. The highest BCUT2D eigenvalue weighted by Crippen LogP contribution is 2.14. The van der Waals surface area contributed by atoms with Gasteiger partial charge in [0.05, 0.1) is 6.61 Å². The highest BCUT2D eigenvalue weighted by Gasteiger charge is 2.21. The molecule has 18 heavy (non-hydrogen) atoms. The summed E-state index contributed by atoms with van der Waals surface area (Å²) in [6.07, 6.45) is 1.49. The molecule has 0 amide bonds. The van der Waals surface area contributed by atoms with Crippen LogP contribution in [0.5, 0.6) is 5.88 Å². The maximum absolute atomic E-state index is 12.1. The van der Waals surface area contributed by atoms with E-state index < -0.39 is 23.0 Å². The molecule has 2 aromatic rings. The summed E-state index contributed by atoms with van der Waals surface area (Å²) in [6, 6.07) is 3.42. The van der Waals surface area contributed by atoms with Crippen molar-refractivity contribution in [2.24, 2.45) is 0 Å². The monoisotopic (exact) mass is 248 g/mol. The van der Waals surface area contributed by atoms with Crippen LogP contribution in [-0.2, 0) is 4.74 Å². The molecule has 2 heterocycles. The number of carbonyl (C=O) groups is 1. The predicted molar refractivity (Wildman–Crippen MR) is 63.8 cm³/mol. The largest absolute Gasteiger partial charge is 0.492 e. The molecule has 0 bridgehead atoms. The topological polar surface area (TPSA) is 80.9 Å². The Labute approximate surface area is 102 Å². The van der Waals surface area contributed by atoms with Crippen molar-refractivity contribution >= 4 is 11.6 Å². The van der Waals surface area contributed by atoms with Crippen LogP contribution in [-0.4, -0.2) is 27.1 Å². The summed E-state index contributed by atoms with van der Waals surface area (Å²) in [5.41, 5.74) is -0.0482. The number of carbonyl (C=O) groups excluding carboxylic acids is 1. The zero-order valence-electron chi connectivity index (χ0n) is 10.0. The summed E-state index contributed by atoms with van der Waals surface area (Å²) in [7, 11) is 0. The first-order chi connectivity index (χ1) is 8.56. The van der Waals surface area contributed by atoms with Gasteiger partial charge >= 0.3 is 5.97 Å². The zero-order valence-corrected chi connectivity index (χ0v) is 10.0. The molecule has 0 fully saturated rings. The van der Waals surface area contributed by atoms with Gasteiger partial charge in [0.2, 0.25) is 5.88 Å². The SMILES string of the molecule is CCOC(=O)c1c(O)nc2c(C)cccn2c1=O. The third-order valence-electron chi connectivity index (χ3n) is 2.51. The lowest BCUT2D eigenvalue weighted by molar-refractivity contribution is 0.0519. The van der Waals surface area contributed by atoms with Gasteiger partial charge in [-0.3, -0.25) is 9.20 Å². The van der Waals surface area contributed by atoms with Gasteiger partial charge in [-0.2, -0.15) is 4.98 Å². The minimum Gasteiger partial charge on any atom is -0.492 e. The van der Waals surface area contributed by atoms with E-state index in [2.05, 4.69) is 4.98 Å². The van der Waals surface area contributed by atoms with E-state index in [9.17, 15) is 14.7 Å². The van der Waals surface area contributed by atoms with Crippen molar-refractivity contribution in [3.8, 4) is 5.88 Å². The number of aryl methyl sites for hydroxylation is 1. The lowest BCUT2D eigenvalue weighted by Gasteiger charge is -2.07. The van der Waals surface area contributed by atoms with Crippen molar-refractivity contribution in [3.63, 3.8) is 0 Å². The van der Waals surface area contributed by atoms with Gasteiger partial charge in [-0.25, -0.2) is 4.79 Å². The van der Waals surface area contributed by atoms with Gasteiger partial charge in [-0.1, -0.05) is 6.07 Å². The molecule has 0 aromatic carbocycles. The van der Waals surface area contributed by atoms with Gasteiger partial charge in [-0.15, -0.1) is 0 Å². The van der Waals surface area contributed by atoms with Crippen molar-refractivity contribution in [2.75, 3.05) is 6.61 Å². The molecular formula is C12H12N2O4. The Morgan fingerprint density at radius 3 is 2.94 bits per heavy atom. The Morgan fingerprint density at radius 2 is 2.28 bits per heavy atom. The van der Waals surface area contributed by atoms with Gasteiger partial charge < -0.3 is 9.84 Å². The van der Waals surface area contributed by atoms with Crippen molar-refractivity contribution in [2.45, 2.75) is 13.8 Å². The van der Waals surface area contributed by atoms with Crippen LogP contribution in [0.25, 0.3) is 5.65 Å². The standard InChI is InChI=1S/C12H12N2O4/c1-3-18-12(17)8-10(15)13-9-7(2)5-4-6-14(9)11(8)16/h4-6,15H,3H2,1-2H3. The molecule has 94 valence electrons. The van der Waals surface area contributed by atoms with Crippen LogP contribution in [0, 0.1) is 6.92 Å². The molecule has 1 N–H and O–H groups in total. The second kappa shape index (κ2) is 4.48. The molecule has 0 radical (unpaired) electrons. The summed E-state index contributed by atoms with van der Waals surface area (Å²) in [5.74, 6) is -1.48. The fourth-order valence-corrected chi connectivity index (χ4v) is 1.67. The van der Waals surface area contributed by atoms with E-state index in [1.165, 1.54) is 10.6 Å². The van der Waals surface area contributed by atoms with Gasteiger partial charge in [-0.05, 0) is 25.5 Å². The van der Waals surface area contributed by atoms with Gasteiger partial charge in [0.1, 0.15) is 5.65 Å². The minimum atomic E-state index is -0.872. The Kier molecular flexibility index (Phi) is 3.01. The van der Waals surface area contributed by atoms with Gasteiger partial charge in [0.25, 0.3) is 5.56 Å². The van der Waals surface area contributed by atoms with E-state index in [0.29, 0.717) is 5.65 Å². The van der Waals surface area contributed by atoms with E-state index >= 15 is 0 Å². The zero-order chi connectivity index (χ0) is 13.3. The summed E-state index contributed by atoms with van der Waals surface area (Å²) < 4.78 is 5.93. The summed E-state index contributed by atoms with van der Waals surface area (Å²) in [4.78, 5) is 27.5. The number of rotatable bonds is 2. The third kappa shape index (κ3) is 1.81. The lowest BCUT2D eigenvalue weighted by atomic mass is 10.2. The average molecular weight is 248 g/mol. The molecule has 0 aliphatic rings. The smallest absolute Gasteiger partial charge is 0.349 e. The number of nitrogens with zero attached hydrogens (tertiary/aromatic N) is 2. The van der Waals surface area contributed by atoms with Crippen LogP contribution in [0.3, 0.4) is 0 Å². The number of fused-ring (bicyclic) bond motifs is 1. The molecule has 0 atom stereocenters. The summed E-state index contributed by atoms with van der Waals surface area (Å²) in [5, 5.41) is 9.69. The molecule has 0 unspecified atom stereocenters. The number of hydrogen-bond acceptors (Lipinski definition) is 5. The van der Waals surface area contributed by atoms with Crippen LogP contribution < -0.4 is 5.56 Å². The number of esters is 1. The first-order valence-corrected chi connectivity index (χ1v) is 5.44. The number of aromatic nitrogens is 2. The van der Waals surface area contributed by atoms with Crippen LogP contribution in [0.4, 0.5) is 0 Å². The van der Waals surface area contributed by atoms with Crippen LogP contribution >= 0.6 is 0 Å². The Hall–Kier alpha value is -2.37. The van der Waals surface area contributed by atoms with Gasteiger partial charge in [0, 0.05) is 6.20 Å². The number of ether oxygens (including phenoxy) is 1. The maximum Gasteiger partial charge on any atom is 0.349 e. The van der Waals surface area contributed by atoms with Crippen molar-refractivity contribution in [1.82, 2.24) is 9.38 Å². The van der Waals surface area contributed by atoms with Crippen LogP contribution in [0.15, 0.2) is 23.1 Å². The quantitative estimate of drug-likeness (QED) is 0.798. The molecular weight excluding hydrogens is 236 g/mol. The Morgan fingerprint density at radius 1 is 1.56 bits per heavy atom. The van der Waals surface area contributed by atoms with Crippen molar-refractivity contribution in [3.05, 3.63) is 39.8 Å². The molecule has 0 saturated carbocycles. The molecule has 0 aliphatic carbocycles. The van der Waals surface area contributed by atoms with Crippen molar-refractivity contribution in [1.29, 1.82) is 0 Å². The van der Waals surface area contributed by atoms with Gasteiger partial charge in [0.15, 0.2) is 5.56 Å². The van der Waals surface area contributed by atoms with E-state index in [1.807, 2.05) is 0 Å². The fraction of sp³-hybridized carbons (Fsp3) is 0.250. The lowest BCUT2D eigenvalue weighted by Crippen LogP contribution is -2.25. The molecule has 2 rings (SSSR count). The van der Waals surface area contributed by atoms with Crippen LogP contribution in [0.1, 0.15) is 22.8 Å². The minimum absolute atomic E-state index is 0.119. The highest BCUT2D eigenvalue weighted by molar-refractivity contribution is 5.91. The normalized spacial score (nSPS) is 10.6. The Balaban J connectivity index is 2.78. The summed E-state index contributed by atoms with van der Waals surface area (Å²) >= 11 is 0.